The molecule has 0 amide bonds. The van der Waals surface area contributed by atoms with Crippen molar-refractivity contribution in [3.63, 3.8) is 0 Å². The van der Waals surface area contributed by atoms with E-state index in [2.05, 4.69) is 30.3 Å². The molecule has 2 aromatic carbocycles. The minimum atomic E-state index is 0.0984. The maximum atomic E-state index is 6.67. The summed E-state index contributed by atoms with van der Waals surface area (Å²) in [6.45, 7) is 0. The largest absolute Gasteiger partial charge is 0.117 e. The molecule has 98 valence electrons. The molecule has 0 aliphatic heterocycles. The lowest BCUT2D eigenvalue weighted by Gasteiger charge is -2.30. The van der Waals surface area contributed by atoms with E-state index in [0.717, 1.165) is 24.3 Å². The van der Waals surface area contributed by atoms with Crippen molar-refractivity contribution in [2.45, 2.75) is 24.6 Å². The molecule has 1 aliphatic rings. The summed E-state index contributed by atoms with van der Waals surface area (Å²) in [6.07, 6.45) is 3.22. The topological polar surface area (TPSA) is 0 Å². The fraction of sp³-hybridized carbons (Fsp3) is 0.294. The number of hydrogen-bond donors (Lipinski definition) is 0. The molecule has 0 heterocycles. The number of fused-ring (bicyclic) bond motifs is 1. The molecule has 0 radical (unpaired) electrons. The number of rotatable bonds is 2. The Hall–Kier alpha value is -0.980. The van der Waals surface area contributed by atoms with Gasteiger partial charge in [0.05, 0.1) is 5.38 Å². The Morgan fingerprint density at radius 3 is 2.58 bits per heavy atom. The first-order chi connectivity index (χ1) is 9.25. The molecule has 2 unspecified atom stereocenters. The van der Waals surface area contributed by atoms with Gasteiger partial charge in [0.25, 0.3) is 0 Å². The molecular weight excluding hydrogens is 275 g/mol. The number of hydrogen-bond acceptors (Lipinski definition) is 0. The predicted molar refractivity (Wildman–Crippen MR) is 82.0 cm³/mol. The average Bonchev–Trinajstić information content (AvgIpc) is 2.44. The molecule has 0 aromatic heterocycles. The molecule has 0 spiro atoms. The average molecular weight is 291 g/mol. The minimum Gasteiger partial charge on any atom is -0.117 e. The van der Waals surface area contributed by atoms with Crippen molar-refractivity contribution in [2.75, 3.05) is 0 Å². The lowest BCUT2D eigenvalue weighted by atomic mass is 9.80. The Balaban J connectivity index is 1.83. The summed E-state index contributed by atoms with van der Waals surface area (Å²) >= 11 is 12.9. The first-order valence-corrected chi connectivity index (χ1v) is 7.52. The van der Waals surface area contributed by atoms with Crippen LogP contribution in [-0.2, 0) is 12.8 Å². The van der Waals surface area contributed by atoms with Crippen molar-refractivity contribution in [3.8, 4) is 0 Å². The van der Waals surface area contributed by atoms with Crippen LogP contribution in [0.2, 0.25) is 5.02 Å². The zero-order chi connectivity index (χ0) is 13.2. The summed E-state index contributed by atoms with van der Waals surface area (Å²) in [4.78, 5) is 0. The van der Waals surface area contributed by atoms with E-state index in [-0.39, 0.29) is 5.38 Å². The van der Waals surface area contributed by atoms with Gasteiger partial charge in [0.1, 0.15) is 0 Å². The Labute approximate surface area is 124 Å². The lowest BCUT2D eigenvalue weighted by Crippen LogP contribution is -2.19. The third-order valence-electron chi connectivity index (χ3n) is 3.99. The first kappa shape index (κ1) is 13.0. The minimum absolute atomic E-state index is 0.0984. The van der Waals surface area contributed by atoms with Gasteiger partial charge in [-0.1, -0.05) is 54.1 Å². The van der Waals surface area contributed by atoms with E-state index in [0.29, 0.717) is 5.92 Å². The smallest absolute Gasteiger partial charge is 0.0619 e. The van der Waals surface area contributed by atoms with Crippen LogP contribution < -0.4 is 0 Å². The summed E-state index contributed by atoms with van der Waals surface area (Å²) in [5.74, 6) is 0.469. The van der Waals surface area contributed by atoms with Crippen molar-refractivity contribution < 1.29 is 0 Å². The summed E-state index contributed by atoms with van der Waals surface area (Å²) in [7, 11) is 0. The third-order valence-corrected chi connectivity index (χ3v) is 4.95. The van der Waals surface area contributed by atoms with Crippen LogP contribution in [0.3, 0.4) is 0 Å². The van der Waals surface area contributed by atoms with E-state index in [4.69, 9.17) is 23.2 Å². The van der Waals surface area contributed by atoms with Crippen molar-refractivity contribution in [1.82, 2.24) is 0 Å². The fourth-order valence-corrected chi connectivity index (χ4v) is 3.56. The highest BCUT2D eigenvalue weighted by Crippen LogP contribution is 2.41. The maximum absolute atomic E-state index is 6.67. The number of alkyl halides is 1. The third kappa shape index (κ3) is 2.66. The summed E-state index contributed by atoms with van der Waals surface area (Å²) in [6, 6.07) is 16.6. The molecular formula is C17H16Cl2. The standard InChI is InChI=1S/C17H16Cl2/c18-16-8-4-2-6-13(16)11-14-10-9-12-5-1-3-7-15(12)17(14)19/h1-8,14,17H,9-11H2. The van der Waals surface area contributed by atoms with E-state index >= 15 is 0 Å². The van der Waals surface area contributed by atoms with Crippen LogP contribution in [0.5, 0.6) is 0 Å². The van der Waals surface area contributed by atoms with Gasteiger partial charge >= 0.3 is 0 Å². The normalized spacial score (nSPS) is 22.0. The van der Waals surface area contributed by atoms with E-state index in [1.165, 1.54) is 16.7 Å². The lowest BCUT2D eigenvalue weighted by molar-refractivity contribution is 0.442. The zero-order valence-electron chi connectivity index (χ0n) is 10.7. The molecule has 0 bridgehead atoms. The molecule has 2 heteroatoms. The van der Waals surface area contributed by atoms with E-state index < -0.39 is 0 Å². The molecule has 3 rings (SSSR count). The summed E-state index contributed by atoms with van der Waals surface area (Å²) in [5.41, 5.74) is 3.91. The van der Waals surface area contributed by atoms with Crippen LogP contribution >= 0.6 is 23.2 Å². The van der Waals surface area contributed by atoms with Gasteiger partial charge in [-0.3, -0.25) is 0 Å². The van der Waals surface area contributed by atoms with Crippen LogP contribution in [0.4, 0.5) is 0 Å². The van der Waals surface area contributed by atoms with E-state index in [9.17, 15) is 0 Å². The summed E-state index contributed by atoms with van der Waals surface area (Å²) in [5, 5.41) is 0.950. The Kier molecular flexibility index (Phi) is 3.81. The van der Waals surface area contributed by atoms with Gasteiger partial charge in [-0.2, -0.15) is 0 Å². The van der Waals surface area contributed by atoms with Gasteiger partial charge in [-0.15, -0.1) is 11.6 Å². The fourth-order valence-electron chi connectivity index (χ4n) is 2.92. The van der Waals surface area contributed by atoms with E-state index in [1.54, 1.807) is 0 Å². The van der Waals surface area contributed by atoms with Gasteiger partial charge in [0.2, 0.25) is 0 Å². The molecule has 0 nitrogen and oxygen atoms in total. The Morgan fingerprint density at radius 2 is 1.74 bits per heavy atom. The van der Waals surface area contributed by atoms with Gasteiger partial charge < -0.3 is 0 Å². The predicted octanol–water partition coefficient (Wildman–Crippen LogP) is 5.43. The SMILES string of the molecule is Clc1ccccc1CC1CCc2ccccc2C1Cl. The second-order valence-electron chi connectivity index (χ2n) is 5.19. The van der Waals surface area contributed by atoms with Crippen LogP contribution in [0.15, 0.2) is 48.5 Å². The molecule has 2 atom stereocenters. The van der Waals surface area contributed by atoms with Crippen molar-refractivity contribution in [1.29, 1.82) is 0 Å². The highest BCUT2D eigenvalue weighted by Gasteiger charge is 2.28. The molecule has 0 saturated heterocycles. The molecule has 0 N–H and O–H groups in total. The van der Waals surface area contributed by atoms with Crippen LogP contribution in [0.25, 0.3) is 0 Å². The first-order valence-electron chi connectivity index (χ1n) is 6.71. The molecule has 19 heavy (non-hydrogen) atoms. The monoisotopic (exact) mass is 290 g/mol. The second kappa shape index (κ2) is 5.56. The Bertz CT molecular complexity index is 577. The van der Waals surface area contributed by atoms with Crippen LogP contribution in [0.1, 0.15) is 28.5 Å². The van der Waals surface area contributed by atoms with Gasteiger partial charge in [-0.25, -0.2) is 0 Å². The van der Waals surface area contributed by atoms with Gasteiger partial charge in [0.15, 0.2) is 0 Å². The molecule has 0 fully saturated rings. The van der Waals surface area contributed by atoms with Crippen molar-refractivity contribution in [2.24, 2.45) is 5.92 Å². The number of aryl methyl sites for hydroxylation is 1. The zero-order valence-corrected chi connectivity index (χ0v) is 12.2. The quantitative estimate of drug-likeness (QED) is 0.648. The second-order valence-corrected chi connectivity index (χ2v) is 6.07. The highest BCUT2D eigenvalue weighted by molar-refractivity contribution is 6.31. The van der Waals surface area contributed by atoms with Crippen molar-refractivity contribution in [3.05, 3.63) is 70.2 Å². The number of halogens is 2. The summed E-state index contributed by atoms with van der Waals surface area (Å²) < 4.78 is 0. The Morgan fingerprint density at radius 1 is 1.00 bits per heavy atom. The van der Waals surface area contributed by atoms with Crippen LogP contribution in [0, 0.1) is 5.92 Å². The van der Waals surface area contributed by atoms with Gasteiger partial charge in [-0.05, 0) is 47.9 Å². The van der Waals surface area contributed by atoms with Crippen molar-refractivity contribution >= 4 is 23.2 Å². The molecule has 0 saturated carbocycles. The van der Waals surface area contributed by atoms with E-state index in [1.807, 2.05) is 18.2 Å². The number of benzene rings is 2. The molecule has 1 aliphatic carbocycles. The maximum Gasteiger partial charge on any atom is 0.0619 e. The van der Waals surface area contributed by atoms with Crippen LogP contribution in [-0.4, -0.2) is 0 Å². The molecule has 2 aromatic rings. The highest BCUT2D eigenvalue weighted by atomic mass is 35.5. The van der Waals surface area contributed by atoms with Gasteiger partial charge in [0, 0.05) is 5.02 Å².